The molecular weight excluding hydrogens is 300 g/mol. The van der Waals surface area contributed by atoms with Crippen molar-refractivity contribution in [2.75, 3.05) is 7.05 Å². The van der Waals surface area contributed by atoms with Crippen molar-refractivity contribution >= 4 is 15.7 Å². The number of carbonyl (C=O) groups excluding carboxylic acids is 1. The molecule has 1 aromatic carbocycles. The van der Waals surface area contributed by atoms with Crippen LogP contribution < -0.4 is 0 Å². The summed E-state index contributed by atoms with van der Waals surface area (Å²) in [5, 5.41) is 0. The van der Waals surface area contributed by atoms with Gasteiger partial charge in [-0.25, -0.2) is 8.42 Å². The van der Waals surface area contributed by atoms with E-state index >= 15 is 0 Å². The molecule has 4 nitrogen and oxygen atoms in total. The molecule has 7 heteroatoms. The standard InChI is InChI=1S/C14H19F2NO3S/c1-4-10(2)17(3)13(18)9-11-5-7-12(8-6-11)21(19,20)14(15)16/h5-8,10,14H,4,9H2,1-3H3/t10-/m1/s1. The van der Waals surface area contributed by atoms with E-state index in [0.29, 0.717) is 5.56 Å². The van der Waals surface area contributed by atoms with E-state index < -0.39 is 20.5 Å². The largest absolute Gasteiger partial charge is 0.343 e. The number of benzene rings is 1. The van der Waals surface area contributed by atoms with Gasteiger partial charge >= 0.3 is 5.76 Å². The SMILES string of the molecule is CC[C@@H](C)N(C)C(=O)Cc1ccc(S(=O)(=O)C(F)F)cc1. The van der Waals surface area contributed by atoms with Gasteiger partial charge in [-0.1, -0.05) is 19.1 Å². The quantitative estimate of drug-likeness (QED) is 0.809. The van der Waals surface area contributed by atoms with Gasteiger partial charge in [0, 0.05) is 13.1 Å². The van der Waals surface area contributed by atoms with Crippen LogP contribution in [0.1, 0.15) is 25.8 Å². The minimum atomic E-state index is -4.58. The molecule has 0 aliphatic carbocycles. The number of alkyl halides is 2. The number of carbonyl (C=O) groups is 1. The van der Waals surface area contributed by atoms with E-state index in [1.54, 1.807) is 11.9 Å². The van der Waals surface area contributed by atoms with Crippen LogP contribution >= 0.6 is 0 Å². The van der Waals surface area contributed by atoms with Crippen LogP contribution in [0.3, 0.4) is 0 Å². The molecule has 0 N–H and O–H groups in total. The van der Waals surface area contributed by atoms with Crippen molar-refractivity contribution in [1.29, 1.82) is 0 Å². The Morgan fingerprint density at radius 3 is 2.19 bits per heavy atom. The van der Waals surface area contributed by atoms with Crippen molar-refractivity contribution in [2.45, 2.75) is 43.4 Å². The molecule has 0 aliphatic rings. The number of nitrogens with zero attached hydrogens (tertiary/aromatic N) is 1. The number of halogens is 2. The van der Waals surface area contributed by atoms with E-state index in [9.17, 15) is 22.0 Å². The van der Waals surface area contributed by atoms with Gasteiger partial charge in [-0.15, -0.1) is 0 Å². The van der Waals surface area contributed by atoms with Gasteiger partial charge in [0.25, 0.3) is 0 Å². The summed E-state index contributed by atoms with van der Waals surface area (Å²) in [7, 11) is -2.88. The van der Waals surface area contributed by atoms with Crippen LogP contribution in [-0.4, -0.2) is 38.1 Å². The Morgan fingerprint density at radius 1 is 1.24 bits per heavy atom. The van der Waals surface area contributed by atoms with Crippen molar-refractivity contribution in [3.63, 3.8) is 0 Å². The molecule has 21 heavy (non-hydrogen) atoms. The third-order valence-corrected chi connectivity index (χ3v) is 4.89. The molecule has 0 bridgehead atoms. The molecule has 0 aromatic heterocycles. The van der Waals surface area contributed by atoms with E-state index in [1.807, 2.05) is 13.8 Å². The zero-order chi connectivity index (χ0) is 16.2. The zero-order valence-electron chi connectivity index (χ0n) is 12.2. The Morgan fingerprint density at radius 2 is 1.76 bits per heavy atom. The van der Waals surface area contributed by atoms with Gasteiger partial charge in [0.15, 0.2) is 0 Å². The fourth-order valence-corrected chi connectivity index (χ4v) is 2.44. The maximum Gasteiger partial charge on any atom is 0.341 e. The van der Waals surface area contributed by atoms with Crippen molar-refractivity contribution in [2.24, 2.45) is 0 Å². The molecule has 0 saturated heterocycles. The minimum absolute atomic E-state index is 0.103. The highest BCUT2D eigenvalue weighted by Gasteiger charge is 2.26. The summed E-state index contributed by atoms with van der Waals surface area (Å²) >= 11 is 0. The van der Waals surface area contributed by atoms with Crippen molar-refractivity contribution < 1.29 is 22.0 Å². The Balaban J connectivity index is 2.83. The van der Waals surface area contributed by atoms with E-state index in [2.05, 4.69) is 0 Å². The molecule has 1 atom stereocenters. The number of sulfone groups is 1. The van der Waals surface area contributed by atoms with Crippen LogP contribution in [0.4, 0.5) is 8.78 Å². The molecular formula is C14H19F2NO3S. The molecule has 0 heterocycles. The second-order valence-corrected chi connectivity index (χ2v) is 6.81. The Bertz CT molecular complexity index is 585. The summed E-state index contributed by atoms with van der Waals surface area (Å²) in [6.45, 7) is 3.90. The average molecular weight is 319 g/mol. The van der Waals surface area contributed by atoms with Gasteiger partial charge in [0.1, 0.15) is 0 Å². The van der Waals surface area contributed by atoms with E-state index in [4.69, 9.17) is 0 Å². The lowest BCUT2D eigenvalue weighted by atomic mass is 10.1. The van der Waals surface area contributed by atoms with Gasteiger partial charge in [0.05, 0.1) is 11.3 Å². The van der Waals surface area contributed by atoms with E-state index in [1.165, 1.54) is 12.1 Å². The van der Waals surface area contributed by atoms with E-state index in [0.717, 1.165) is 18.6 Å². The van der Waals surface area contributed by atoms with Crippen molar-refractivity contribution in [3.8, 4) is 0 Å². The highest BCUT2D eigenvalue weighted by atomic mass is 32.2. The summed E-state index contributed by atoms with van der Waals surface area (Å²) < 4.78 is 47.3. The van der Waals surface area contributed by atoms with Crippen LogP contribution in [0, 0.1) is 0 Å². The number of hydrogen-bond donors (Lipinski definition) is 0. The zero-order valence-corrected chi connectivity index (χ0v) is 13.0. The monoisotopic (exact) mass is 319 g/mol. The van der Waals surface area contributed by atoms with Gasteiger partial charge in [0.2, 0.25) is 15.7 Å². The molecule has 0 fully saturated rings. The topological polar surface area (TPSA) is 54.5 Å². The van der Waals surface area contributed by atoms with Crippen LogP contribution in [0.15, 0.2) is 29.2 Å². The van der Waals surface area contributed by atoms with Crippen LogP contribution in [0.2, 0.25) is 0 Å². The lowest BCUT2D eigenvalue weighted by Crippen LogP contribution is -2.35. The molecule has 0 aliphatic heterocycles. The molecule has 1 aromatic rings. The minimum Gasteiger partial charge on any atom is -0.343 e. The lowest BCUT2D eigenvalue weighted by Gasteiger charge is -2.23. The Labute approximate surface area is 123 Å². The second-order valence-electron chi connectivity index (χ2n) is 4.89. The maximum absolute atomic E-state index is 12.4. The maximum atomic E-state index is 12.4. The summed E-state index contributed by atoms with van der Waals surface area (Å²) in [6, 6.07) is 5.09. The number of amides is 1. The smallest absolute Gasteiger partial charge is 0.341 e. The fraction of sp³-hybridized carbons (Fsp3) is 0.500. The first-order valence-electron chi connectivity index (χ1n) is 6.56. The molecule has 0 unspecified atom stereocenters. The molecule has 0 saturated carbocycles. The number of hydrogen-bond acceptors (Lipinski definition) is 3. The van der Waals surface area contributed by atoms with Crippen molar-refractivity contribution in [1.82, 2.24) is 4.90 Å². The van der Waals surface area contributed by atoms with Crippen molar-refractivity contribution in [3.05, 3.63) is 29.8 Å². The highest BCUT2D eigenvalue weighted by molar-refractivity contribution is 7.91. The predicted octanol–water partition coefficient (Wildman–Crippen LogP) is 2.48. The van der Waals surface area contributed by atoms with Gasteiger partial charge in [-0.05, 0) is 31.0 Å². The normalized spacial score (nSPS) is 13.2. The highest BCUT2D eigenvalue weighted by Crippen LogP contribution is 2.19. The average Bonchev–Trinajstić information content (AvgIpc) is 2.45. The first-order chi connectivity index (χ1) is 9.70. The van der Waals surface area contributed by atoms with Crippen LogP contribution in [0.5, 0.6) is 0 Å². The summed E-state index contributed by atoms with van der Waals surface area (Å²) in [5.41, 5.74) is 0.586. The fourth-order valence-electron chi connectivity index (χ4n) is 1.72. The predicted molar refractivity (Wildman–Crippen MR) is 75.9 cm³/mol. The number of rotatable bonds is 6. The first-order valence-corrected chi connectivity index (χ1v) is 8.11. The molecule has 0 spiro atoms. The molecule has 1 amide bonds. The molecule has 0 radical (unpaired) electrons. The van der Waals surface area contributed by atoms with Gasteiger partial charge < -0.3 is 4.90 Å². The summed E-state index contributed by atoms with van der Waals surface area (Å²) in [4.78, 5) is 13.2. The third kappa shape index (κ3) is 4.23. The van der Waals surface area contributed by atoms with E-state index in [-0.39, 0.29) is 18.4 Å². The van der Waals surface area contributed by atoms with Gasteiger partial charge in [-0.3, -0.25) is 4.79 Å². The summed E-state index contributed by atoms with van der Waals surface area (Å²) in [5.74, 6) is -3.55. The number of likely N-dealkylation sites (N-methyl/N-ethyl adjacent to an activating group) is 1. The Hall–Kier alpha value is -1.50. The lowest BCUT2D eigenvalue weighted by molar-refractivity contribution is -0.131. The molecule has 1 rings (SSSR count). The second kappa shape index (κ2) is 6.98. The molecule has 118 valence electrons. The van der Waals surface area contributed by atoms with Crippen LogP contribution in [-0.2, 0) is 21.1 Å². The van der Waals surface area contributed by atoms with Gasteiger partial charge in [-0.2, -0.15) is 8.78 Å². The summed E-state index contributed by atoms with van der Waals surface area (Å²) in [6.07, 6.45) is 0.934. The van der Waals surface area contributed by atoms with Crippen LogP contribution in [0.25, 0.3) is 0 Å². The Kier molecular flexibility index (Phi) is 5.83. The third-order valence-electron chi connectivity index (χ3n) is 3.49. The first kappa shape index (κ1) is 17.6.